The summed E-state index contributed by atoms with van der Waals surface area (Å²) in [6.07, 6.45) is 3.06. The highest BCUT2D eigenvalue weighted by molar-refractivity contribution is 14.1. The summed E-state index contributed by atoms with van der Waals surface area (Å²) >= 11 is 3.45. The molecule has 1 heterocycles. The molecule has 3 N–H and O–H groups in total. The number of benzene rings is 2. The Hall–Kier alpha value is -2.98. The van der Waals surface area contributed by atoms with Gasteiger partial charge in [-0.25, -0.2) is 5.43 Å². The van der Waals surface area contributed by atoms with E-state index in [9.17, 15) is 14.7 Å². The van der Waals surface area contributed by atoms with Crippen LogP contribution in [-0.2, 0) is 4.79 Å². The van der Waals surface area contributed by atoms with Gasteiger partial charge in [0.1, 0.15) is 11.4 Å². The van der Waals surface area contributed by atoms with Gasteiger partial charge in [0.2, 0.25) is 0 Å². The van der Waals surface area contributed by atoms with Crippen LogP contribution >= 0.6 is 33.9 Å². The van der Waals surface area contributed by atoms with Gasteiger partial charge in [0.05, 0.1) is 9.78 Å². The van der Waals surface area contributed by atoms with E-state index in [4.69, 9.17) is 0 Å². The second-order valence-electron chi connectivity index (χ2n) is 5.80. The van der Waals surface area contributed by atoms with Crippen molar-refractivity contribution in [2.75, 3.05) is 0 Å². The number of hydrogen-bond donors (Lipinski definition) is 3. The lowest BCUT2D eigenvalue weighted by Gasteiger charge is -2.08. The molecule has 0 radical (unpaired) electrons. The van der Waals surface area contributed by atoms with Crippen LogP contribution in [0.25, 0.3) is 6.08 Å². The minimum atomic E-state index is -0.549. The Morgan fingerprint density at radius 3 is 2.55 bits per heavy atom. The Bertz CT molecular complexity index is 1060. The van der Waals surface area contributed by atoms with Gasteiger partial charge in [-0.1, -0.05) is 24.3 Å². The number of nitrogens with zero attached hydrogens (tertiary/aromatic N) is 1. The van der Waals surface area contributed by atoms with Crippen molar-refractivity contribution < 1.29 is 14.7 Å². The van der Waals surface area contributed by atoms with Crippen LogP contribution in [0.5, 0.6) is 5.75 Å². The zero-order valence-corrected chi connectivity index (χ0v) is 18.0. The maximum Gasteiger partial charge on any atom is 0.287 e. The fraction of sp³-hybridized carbons (Fsp3) is 0. The first-order valence-electron chi connectivity index (χ1n) is 8.46. The lowest BCUT2D eigenvalue weighted by atomic mass is 10.2. The highest BCUT2D eigenvalue weighted by atomic mass is 127. The van der Waals surface area contributed by atoms with Crippen LogP contribution < -0.4 is 10.7 Å². The first-order chi connectivity index (χ1) is 14.0. The van der Waals surface area contributed by atoms with Crippen LogP contribution in [0.15, 0.2) is 76.8 Å². The zero-order valence-electron chi connectivity index (χ0n) is 15.0. The van der Waals surface area contributed by atoms with Crippen molar-refractivity contribution in [1.82, 2.24) is 10.7 Å². The molecule has 0 fully saturated rings. The first kappa shape index (κ1) is 20.7. The Balaban J connectivity index is 1.74. The van der Waals surface area contributed by atoms with Gasteiger partial charge in [-0.3, -0.25) is 9.59 Å². The predicted molar refractivity (Wildman–Crippen MR) is 123 cm³/mol. The van der Waals surface area contributed by atoms with Gasteiger partial charge in [0, 0.05) is 10.4 Å². The second-order valence-corrected chi connectivity index (χ2v) is 7.95. The van der Waals surface area contributed by atoms with Crippen molar-refractivity contribution in [1.29, 1.82) is 0 Å². The van der Waals surface area contributed by atoms with Crippen molar-refractivity contribution in [3.63, 3.8) is 0 Å². The van der Waals surface area contributed by atoms with Gasteiger partial charge in [0.25, 0.3) is 11.8 Å². The third-order valence-electron chi connectivity index (χ3n) is 3.71. The molecule has 2 amide bonds. The number of carbonyl (C=O) groups excluding carboxylic acids is 2. The molecule has 29 heavy (non-hydrogen) atoms. The van der Waals surface area contributed by atoms with E-state index in [2.05, 4.69) is 15.8 Å². The van der Waals surface area contributed by atoms with Gasteiger partial charge >= 0.3 is 0 Å². The van der Waals surface area contributed by atoms with Crippen LogP contribution in [0.2, 0.25) is 0 Å². The maximum absolute atomic E-state index is 12.6. The van der Waals surface area contributed by atoms with Crippen LogP contribution in [0, 0.1) is 3.57 Å². The van der Waals surface area contributed by atoms with Crippen LogP contribution in [0.1, 0.15) is 20.8 Å². The third-order valence-corrected chi connectivity index (χ3v) is 5.39. The largest absolute Gasteiger partial charge is 0.507 e. The van der Waals surface area contributed by atoms with E-state index in [1.807, 2.05) is 46.2 Å². The Kier molecular flexibility index (Phi) is 7.14. The number of nitrogens with one attached hydrogen (secondary N) is 2. The number of hydrazone groups is 1. The number of aromatic hydroxyl groups is 1. The molecule has 1 aromatic heterocycles. The molecular weight excluding hydrogens is 501 g/mol. The van der Waals surface area contributed by atoms with Gasteiger partial charge < -0.3 is 10.4 Å². The van der Waals surface area contributed by atoms with Crippen molar-refractivity contribution in [2.24, 2.45) is 5.10 Å². The lowest BCUT2D eigenvalue weighted by molar-refractivity contribution is -0.117. The summed E-state index contributed by atoms with van der Waals surface area (Å²) in [6, 6.07) is 17.3. The predicted octanol–water partition coefficient (Wildman–Crippen LogP) is 3.98. The molecule has 0 saturated heterocycles. The minimum Gasteiger partial charge on any atom is -0.507 e. The number of hydrogen-bond acceptors (Lipinski definition) is 5. The fourth-order valence-electron chi connectivity index (χ4n) is 2.29. The van der Waals surface area contributed by atoms with Crippen LogP contribution in [0.4, 0.5) is 0 Å². The van der Waals surface area contributed by atoms with Gasteiger partial charge in [0.15, 0.2) is 0 Å². The molecule has 0 saturated carbocycles. The Morgan fingerprint density at radius 2 is 1.86 bits per heavy atom. The molecule has 0 unspecified atom stereocenters. The molecule has 0 spiro atoms. The summed E-state index contributed by atoms with van der Waals surface area (Å²) in [7, 11) is 0. The topological polar surface area (TPSA) is 90.8 Å². The average Bonchev–Trinajstić information content (AvgIpc) is 3.24. The number of phenols is 1. The van der Waals surface area contributed by atoms with Gasteiger partial charge in [-0.05, 0) is 76.0 Å². The summed E-state index contributed by atoms with van der Waals surface area (Å²) in [6.45, 7) is 0. The molecule has 0 atom stereocenters. The van der Waals surface area contributed by atoms with E-state index in [-0.39, 0.29) is 17.4 Å². The zero-order chi connectivity index (χ0) is 20.6. The molecule has 0 aliphatic rings. The summed E-state index contributed by atoms with van der Waals surface area (Å²) in [5.41, 5.74) is 3.66. The molecule has 2 aromatic carbocycles. The van der Waals surface area contributed by atoms with Crippen molar-refractivity contribution in [3.8, 4) is 5.75 Å². The van der Waals surface area contributed by atoms with E-state index in [0.29, 0.717) is 14.7 Å². The molecule has 0 bridgehead atoms. The third kappa shape index (κ3) is 6.00. The molecule has 3 rings (SSSR count). The number of rotatable bonds is 6. The SMILES string of the molecule is O=C(NN=Cc1ccc(O)c(I)c1)C(=Cc1cccs1)NC(=O)c1ccccc1. The first-order valence-corrected chi connectivity index (χ1v) is 10.4. The highest BCUT2D eigenvalue weighted by Crippen LogP contribution is 2.19. The standard InChI is InChI=1S/C21H16IN3O3S/c22-17-11-14(8-9-19(17)26)13-23-25-21(28)18(12-16-7-4-10-29-16)24-20(27)15-5-2-1-3-6-15/h1-13,26H,(H,24,27)(H,25,28). The Labute approximate surface area is 185 Å². The van der Waals surface area contributed by atoms with Gasteiger partial charge in [-0.15, -0.1) is 11.3 Å². The molecule has 0 aliphatic heterocycles. The fourth-order valence-corrected chi connectivity index (χ4v) is 3.48. The number of phenolic OH excluding ortho intramolecular Hbond substituents is 1. The molecule has 8 heteroatoms. The van der Waals surface area contributed by atoms with E-state index < -0.39 is 5.91 Å². The quantitative estimate of drug-likeness (QED) is 0.200. The second kappa shape index (κ2) is 9.99. The molecule has 6 nitrogen and oxygen atoms in total. The number of halogens is 1. The lowest BCUT2D eigenvalue weighted by Crippen LogP contribution is -2.32. The van der Waals surface area contributed by atoms with E-state index in [1.165, 1.54) is 17.6 Å². The average molecular weight is 517 g/mol. The van der Waals surface area contributed by atoms with Crippen molar-refractivity contribution in [3.05, 3.63) is 91.3 Å². The highest BCUT2D eigenvalue weighted by Gasteiger charge is 2.14. The molecule has 3 aromatic rings. The molecule has 0 aliphatic carbocycles. The van der Waals surface area contributed by atoms with E-state index in [1.54, 1.807) is 48.5 Å². The van der Waals surface area contributed by atoms with E-state index >= 15 is 0 Å². The van der Waals surface area contributed by atoms with E-state index in [0.717, 1.165) is 4.88 Å². The number of amides is 2. The van der Waals surface area contributed by atoms with Crippen molar-refractivity contribution in [2.45, 2.75) is 0 Å². The summed E-state index contributed by atoms with van der Waals surface area (Å²) in [4.78, 5) is 25.9. The maximum atomic E-state index is 12.6. The summed E-state index contributed by atoms with van der Waals surface area (Å²) in [5.74, 6) is -0.760. The summed E-state index contributed by atoms with van der Waals surface area (Å²) < 4.78 is 0.672. The van der Waals surface area contributed by atoms with Crippen LogP contribution in [-0.4, -0.2) is 23.1 Å². The number of thiophene rings is 1. The molecule has 146 valence electrons. The van der Waals surface area contributed by atoms with Crippen molar-refractivity contribution >= 4 is 58.0 Å². The van der Waals surface area contributed by atoms with Crippen LogP contribution in [0.3, 0.4) is 0 Å². The Morgan fingerprint density at radius 1 is 1.07 bits per heavy atom. The molecular formula is C21H16IN3O3S. The number of carbonyl (C=O) groups is 2. The smallest absolute Gasteiger partial charge is 0.287 e. The van der Waals surface area contributed by atoms with Gasteiger partial charge in [-0.2, -0.15) is 5.10 Å². The minimum absolute atomic E-state index is 0.0822. The monoisotopic (exact) mass is 517 g/mol. The summed E-state index contributed by atoms with van der Waals surface area (Å²) in [5, 5.41) is 18.0. The normalized spacial score (nSPS) is 11.4.